The van der Waals surface area contributed by atoms with Crippen molar-refractivity contribution < 1.29 is 19.4 Å². The minimum atomic E-state index is -1.20. The molecule has 0 radical (unpaired) electrons. The number of piperidine rings is 1. The molecule has 1 N–H and O–H groups in total. The summed E-state index contributed by atoms with van der Waals surface area (Å²) in [6.07, 6.45) is 5.61. The SMILES string of the molecule is Cc1nc2cc3nn2c(c1[C@H](OC(C)(C)C)C(=O)O)N1CCC(C)(CC1)OCCCCCn1ccc(n1)-c1cccc-3c1. The summed E-state index contributed by atoms with van der Waals surface area (Å²) in [5.41, 5.74) is 4.54. The van der Waals surface area contributed by atoms with Crippen molar-refractivity contribution in [1.82, 2.24) is 24.4 Å². The van der Waals surface area contributed by atoms with Crippen molar-refractivity contribution in [1.29, 1.82) is 0 Å². The number of ether oxygens (including phenoxy) is 2. The van der Waals surface area contributed by atoms with E-state index in [1.807, 2.05) is 61.3 Å². The Morgan fingerprint density at radius 1 is 1.02 bits per heavy atom. The third-order valence-electron chi connectivity index (χ3n) is 8.46. The quantitative estimate of drug-likeness (QED) is 0.308. The molecule has 8 bridgehead atoms. The van der Waals surface area contributed by atoms with E-state index in [0.717, 1.165) is 73.6 Å². The highest BCUT2D eigenvalue weighted by Gasteiger charge is 2.37. The summed E-state index contributed by atoms with van der Waals surface area (Å²) in [4.78, 5) is 19.8. The smallest absolute Gasteiger partial charge is 0.337 e. The van der Waals surface area contributed by atoms with E-state index < -0.39 is 17.7 Å². The molecule has 7 rings (SSSR count). The van der Waals surface area contributed by atoms with E-state index in [2.05, 4.69) is 30.0 Å². The van der Waals surface area contributed by atoms with Gasteiger partial charge in [0.2, 0.25) is 0 Å². The Labute approximate surface area is 252 Å². The Hall–Kier alpha value is -3.76. The molecule has 3 aliphatic heterocycles. The molecule has 1 fully saturated rings. The number of hydrogen-bond acceptors (Lipinski definition) is 7. The molecule has 4 aromatic rings. The second-order valence-corrected chi connectivity index (χ2v) is 13.1. The van der Waals surface area contributed by atoms with Crippen molar-refractivity contribution in [3.05, 3.63) is 53.9 Å². The molecule has 0 spiro atoms. The molecule has 0 aliphatic carbocycles. The topological polar surface area (TPSA) is 107 Å². The minimum absolute atomic E-state index is 0.237. The molecule has 0 amide bonds. The summed E-state index contributed by atoms with van der Waals surface area (Å²) in [6, 6.07) is 12.2. The molecule has 1 atom stereocenters. The summed E-state index contributed by atoms with van der Waals surface area (Å²) in [7, 11) is 0. The molecule has 1 aromatic carbocycles. The van der Waals surface area contributed by atoms with E-state index in [1.165, 1.54) is 0 Å². The van der Waals surface area contributed by atoms with Crippen molar-refractivity contribution in [3.63, 3.8) is 0 Å². The Morgan fingerprint density at radius 2 is 1.77 bits per heavy atom. The highest BCUT2D eigenvalue weighted by Crippen LogP contribution is 2.38. The number of rotatable bonds is 3. The summed E-state index contributed by atoms with van der Waals surface area (Å²) >= 11 is 0. The van der Waals surface area contributed by atoms with Crippen LogP contribution in [0.25, 0.3) is 28.2 Å². The van der Waals surface area contributed by atoms with Crippen LogP contribution in [0, 0.1) is 6.92 Å². The number of nitrogens with zero attached hydrogens (tertiary/aromatic N) is 6. The normalized spacial score (nSPS) is 18.2. The lowest BCUT2D eigenvalue weighted by Crippen LogP contribution is -2.46. The number of aromatic nitrogens is 5. The second-order valence-electron chi connectivity index (χ2n) is 13.1. The molecule has 0 saturated carbocycles. The first-order valence-electron chi connectivity index (χ1n) is 15.3. The fraction of sp³-hybridized carbons (Fsp3) is 0.515. The number of aliphatic carboxylic acids is 1. The molecule has 43 heavy (non-hydrogen) atoms. The number of carbonyl (C=O) groups is 1. The van der Waals surface area contributed by atoms with E-state index in [-0.39, 0.29) is 5.60 Å². The van der Waals surface area contributed by atoms with Crippen molar-refractivity contribution >= 4 is 17.4 Å². The van der Waals surface area contributed by atoms with Gasteiger partial charge in [0.1, 0.15) is 5.82 Å². The van der Waals surface area contributed by atoms with Gasteiger partial charge >= 0.3 is 5.97 Å². The molecule has 10 heteroatoms. The maximum Gasteiger partial charge on any atom is 0.337 e. The van der Waals surface area contributed by atoms with Crippen LogP contribution in [0.3, 0.4) is 0 Å². The molecule has 3 aliphatic rings. The molecule has 10 nitrogen and oxygen atoms in total. The lowest BCUT2D eigenvalue weighted by Gasteiger charge is -2.41. The fourth-order valence-electron chi connectivity index (χ4n) is 6.14. The van der Waals surface area contributed by atoms with Crippen LogP contribution in [0.4, 0.5) is 5.82 Å². The number of anilines is 1. The highest BCUT2D eigenvalue weighted by molar-refractivity contribution is 5.79. The average molecular weight is 587 g/mol. The lowest BCUT2D eigenvalue weighted by molar-refractivity contribution is -0.160. The van der Waals surface area contributed by atoms with Crippen LogP contribution < -0.4 is 4.90 Å². The van der Waals surface area contributed by atoms with E-state index in [1.54, 1.807) is 0 Å². The van der Waals surface area contributed by atoms with Gasteiger partial charge in [-0.25, -0.2) is 9.78 Å². The van der Waals surface area contributed by atoms with Crippen LogP contribution in [0.2, 0.25) is 0 Å². The van der Waals surface area contributed by atoms with Crippen LogP contribution in [0.1, 0.15) is 77.2 Å². The van der Waals surface area contributed by atoms with Crippen molar-refractivity contribution in [2.45, 2.75) is 90.6 Å². The minimum Gasteiger partial charge on any atom is -0.479 e. The van der Waals surface area contributed by atoms with Gasteiger partial charge in [-0.05, 0) is 78.9 Å². The summed E-state index contributed by atoms with van der Waals surface area (Å²) in [5.74, 6) is -0.330. The van der Waals surface area contributed by atoms with E-state index in [0.29, 0.717) is 30.0 Å². The van der Waals surface area contributed by atoms with Gasteiger partial charge < -0.3 is 19.5 Å². The number of aryl methyl sites for hydroxylation is 2. The largest absolute Gasteiger partial charge is 0.479 e. The number of carboxylic acids is 1. The summed E-state index contributed by atoms with van der Waals surface area (Å²) in [6.45, 7) is 12.7. The molecule has 3 aromatic heterocycles. The zero-order chi connectivity index (χ0) is 30.4. The van der Waals surface area contributed by atoms with Gasteiger partial charge in [-0.1, -0.05) is 18.2 Å². The zero-order valence-electron chi connectivity index (χ0n) is 25.8. The lowest BCUT2D eigenvalue weighted by atomic mass is 9.92. The zero-order valence-corrected chi connectivity index (χ0v) is 25.8. The van der Waals surface area contributed by atoms with Crippen molar-refractivity contribution in [2.75, 3.05) is 24.6 Å². The maximum absolute atomic E-state index is 12.7. The number of carboxylic acid groups (broad SMARTS) is 1. The predicted octanol–water partition coefficient (Wildman–Crippen LogP) is 6.07. The monoisotopic (exact) mass is 586 g/mol. The third kappa shape index (κ3) is 6.17. The van der Waals surface area contributed by atoms with Crippen molar-refractivity contribution in [2.24, 2.45) is 0 Å². The Bertz CT molecular complexity index is 1630. The van der Waals surface area contributed by atoms with Crippen molar-refractivity contribution in [3.8, 4) is 22.5 Å². The van der Waals surface area contributed by atoms with Crippen LogP contribution >= 0.6 is 0 Å². The molecule has 228 valence electrons. The number of hydrogen-bond donors (Lipinski definition) is 1. The summed E-state index contributed by atoms with van der Waals surface area (Å²) in [5, 5.41) is 20.3. The van der Waals surface area contributed by atoms with E-state index >= 15 is 0 Å². The molecule has 1 saturated heterocycles. The van der Waals surface area contributed by atoms with Gasteiger partial charge in [0, 0.05) is 55.3 Å². The number of benzene rings is 1. The highest BCUT2D eigenvalue weighted by atomic mass is 16.5. The maximum atomic E-state index is 12.7. The van der Waals surface area contributed by atoms with Gasteiger partial charge in [-0.15, -0.1) is 0 Å². The fourth-order valence-corrected chi connectivity index (χ4v) is 6.14. The predicted molar refractivity (Wildman–Crippen MR) is 165 cm³/mol. The first-order chi connectivity index (χ1) is 20.5. The van der Waals surface area contributed by atoms with Gasteiger partial charge in [0.25, 0.3) is 0 Å². The van der Waals surface area contributed by atoms with Gasteiger partial charge in [0.15, 0.2) is 11.8 Å². The molecular weight excluding hydrogens is 544 g/mol. The first kappa shape index (κ1) is 29.3. The third-order valence-corrected chi connectivity index (χ3v) is 8.46. The van der Waals surface area contributed by atoms with Gasteiger partial charge in [-0.2, -0.15) is 14.7 Å². The average Bonchev–Trinajstić information content (AvgIpc) is 3.60. The molecular formula is C33H42N6O4. The van der Waals surface area contributed by atoms with Crippen LogP contribution in [0.15, 0.2) is 42.6 Å². The molecule has 6 heterocycles. The van der Waals surface area contributed by atoms with Gasteiger partial charge in [-0.3, -0.25) is 4.68 Å². The standard InChI is InChI=1S/C33H42N6O4/c1-22-28(29(31(40)41)43-32(2,3)4)30-37-17-13-33(5,14-18-37)42-19-8-6-7-15-38-16-12-25(35-38)23-10-9-11-24(20-23)26-21-27(34-22)39(30)36-26/h9-12,16,20-21,29H,6-8,13-15,17-19H2,1-5H3,(H,40,41)/t29-/m0/s1. The van der Waals surface area contributed by atoms with Crippen LogP contribution in [-0.2, 0) is 20.8 Å². The Balaban J connectivity index is 1.51. The van der Waals surface area contributed by atoms with Crippen LogP contribution in [-0.4, -0.2) is 66.4 Å². The van der Waals surface area contributed by atoms with E-state index in [9.17, 15) is 9.90 Å². The van der Waals surface area contributed by atoms with Crippen LogP contribution in [0.5, 0.6) is 0 Å². The Morgan fingerprint density at radius 3 is 2.49 bits per heavy atom. The number of fused-ring (bicyclic) bond motifs is 7. The van der Waals surface area contributed by atoms with E-state index in [4.69, 9.17) is 24.7 Å². The van der Waals surface area contributed by atoms with Gasteiger partial charge in [0.05, 0.1) is 28.2 Å². The molecule has 0 unspecified atom stereocenters. The Kier molecular flexibility index (Phi) is 7.76. The summed E-state index contributed by atoms with van der Waals surface area (Å²) < 4.78 is 16.5. The first-order valence-corrected chi connectivity index (χ1v) is 15.3. The second kappa shape index (κ2) is 11.4.